The number of halogens is 4. The average molecular weight is 855 g/mol. The summed E-state index contributed by atoms with van der Waals surface area (Å²) in [4.78, 5) is 72.4. The standard InChI is InChI=1S/C43H42F4N10O5/c1-24-17-27(9-10-32(24)56-23-28(20-49-56)37(59)48-21-35-50-41(53-52-35)42(2,3)43(45,46)47)26-7-5-25(6-8-26)22-54-13-4-14-55(16-15-54)34-19-30-29(18-31(34)44)39(61)57(40(30)62)33-11-12-36(58)51-38(33)60/h5-10,17-20,23,33H,4,11-16,21-22H2,1-3H3,(H,48,59)(H,50,52,53)(H,51,58,60). The highest BCUT2D eigenvalue weighted by atomic mass is 19.4. The summed E-state index contributed by atoms with van der Waals surface area (Å²) in [7, 11) is 0. The van der Waals surface area contributed by atoms with Crippen LogP contribution >= 0.6 is 0 Å². The van der Waals surface area contributed by atoms with E-state index in [-0.39, 0.29) is 47.6 Å². The molecule has 19 heteroatoms. The van der Waals surface area contributed by atoms with Crippen molar-refractivity contribution in [2.45, 2.75) is 70.8 Å². The van der Waals surface area contributed by atoms with E-state index >= 15 is 4.39 Å². The Bertz CT molecular complexity index is 2600. The molecule has 5 amide bonds. The number of imide groups is 2. The summed E-state index contributed by atoms with van der Waals surface area (Å²) in [6.45, 7) is 6.81. The van der Waals surface area contributed by atoms with Gasteiger partial charge in [0.1, 0.15) is 23.1 Å². The molecule has 3 N–H and O–H groups in total. The number of rotatable bonds is 10. The van der Waals surface area contributed by atoms with Gasteiger partial charge in [-0.15, -0.1) is 0 Å². The van der Waals surface area contributed by atoms with Gasteiger partial charge < -0.3 is 10.2 Å². The number of nitrogens with one attached hydrogen (secondary N) is 3. The molecule has 5 aromatic rings. The number of piperidine rings is 1. The highest BCUT2D eigenvalue weighted by molar-refractivity contribution is 6.23. The lowest BCUT2D eigenvalue weighted by atomic mass is 9.92. The number of hydrogen-bond acceptors (Lipinski definition) is 10. The number of alkyl halides is 3. The molecule has 1 atom stereocenters. The first-order valence-corrected chi connectivity index (χ1v) is 20.0. The minimum absolute atomic E-state index is 0.00620. The molecule has 322 valence electrons. The molecule has 0 aliphatic carbocycles. The molecule has 5 heterocycles. The molecule has 3 aliphatic rings. The summed E-state index contributed by atoms with van der Waals surface area (Å²) < 4.78 is 57.3. The molecule has 0 bridgehead atoms. The zero-order valence-electron chi connectivity index (χ0n) is 34.0. The van der Waals surface area contributed by atoms with Gasteiger partial charge in [-0.25, -0.2) is 14.1 Å². The second kappa shape index (κ2) is 16.3. The van der Waals surface area contributed by atoms with Gasteiger partial charge in [0.15, 0.2) is 5.82 Å². The first-order valence-electron chi connectivity index (χ1n) is 20.0. The number of anilines is 1. The van der Waals surface area contributed by atoms with Crippen LogP contribution in [0.15, 0.2) is 67.0 Å². The topological polar surface area (TPSA) is 179 Å². The van der Waals surface area contributed by atoms with Crippen LogP contribution in [0.25, 0.3) is 16.8 Å². The van der Waals surface area contributed by atoms with Crippen LogP contribution in [0.4, 0.5) is 23.2 Å². The molecule has 0 saturated carbocycles. The Morgan fingerprint density at radius 1 is 0.903 bits per heavy atom. The van der Waals surface area contributed by atoms with E-state index in [9.17, 15) is 37.1 Å². The van der Waals surface area contributed by atoms with Crippen molar-refractivity contribution in [1.82, 2.24) is 45.4 Å². The number of fused-ring (bicyclic) bond motifs is 1. The first kappa shape index (κ1) is 42.0. The van der Waals surface area contributed by atoms with Crippen LogP contribution in [0.5, 0.6) is 0 Å². The molecule has 2 aromatic heterocycles. The van der Waals surface area contributed by atoms with Crippen molar-refractivity contribution >= 4 is 35.2 Å². The number of carbonyl (C=O) groups excluding carboxylic acids is 5. The lowest BCUT2D eigenvalue weighted by Crippen LogP contribution is -2.54. The molecule has 2 saturated heterocycles. The quantitative estimate of drug-likeness (QED) is 0.128. The van der Waals surface area contributed by atoms with Crippen molar-refractivity contribution < 1.29 is 41.5 Å². The maximum absolute atomic E-state index is 15.6. The number of hydrogen-bond donors (Lipinski definition) is 3. The van der Waals surface area contributed by atoms with Crippen molar-refractivity contribution in [2.24, 2.45) is 0 Å². The van der Waals surface area contributed by atoms with E-state index < -0.39 is 58.8 Å². The summed E-state index contributed by atoms with van der Waals surface area (Å²) in [6, 6.07) is 15.4. The zero-order chi connectivity index (χ0) is 44.1. The monoisotopic (exact) mass is 854 g/mol. The van der Waals surface area contributed by atoms with Crippen molar-refractivity contribution in [3.8, 4) is 16.8 Å². The minimum atomic E-state index is -4.55. The van der Waals surface area contributed by atoms with E-state index in [2.05, 4.69) is 47.9 Å². The summed E-state index contributed by atoms with van der Waals surface area (Å²) in [5, 5.41) is 15.3. The van der Waals surface area contributed by atoms with Gasteiger partial charge in [-0.3, -0.25) is 44.2 Å². The third kappa shape index (κ3) is 8.06. The normalized spacial score (nSPS) is 17.6. The zero-order valence-corrected chi connectivity index (χ0v) is 34.0. The fourth-order valence-electron chi connectivity index (χ4n) is 7.86. The average Bonchev–Trinajstić information content (AvgIpc) is 3.93. The van der Waals surface area contributed by atoms with Crippen molar-refractivity contribution in [1.29, 1.82) is 0 Å². The lowest BCUT2D eigenvalue weighted by Gasteiger charge is -2.27. The van der Waals surface area contributed by atoms with Crippen molar-refractivity contribution in [2.75, 3.05) is 31.1 Å². The number of H-pyrrole nitrogens is 1. The van der Waals surface area contributed by atoms with E-state index in [1.807, 2.05) is 42.2 Å². The summed E-state index contributed by atoms with van der Waals surface area (Å²) >= 11 is 0. The van der Waals surface area contributed by atoms with Crippen LogP contribution in [-0.2, 0) is 28.1 Å². The Labute approximate surface area is 352 Å². The number of aromatic nitrogens is 5. The van der Waals surface area contributed by atoms with E-state index in [0.29, 0.717) is 26.2 Å². The Morgan fingerprint density at radius 2 is 1.63 bits per heavy atom. The number of benzene rings is 3. The number of nitrogens with zero attached hydrogens (tertiary/aromatic N) is 7. The van der Waals surface area contributed by atoms with Crippen molar-refractivity contribution in [3.05, 3.63) is 112 Å². The molecule has 0 spiro atoms. The second-order valence-electron chi connectivity index (χ2n) is 16.2. The Kier molecular flexibility index (Phi) is 11.0. The Morgan fingerprint density at radius 3 is 2.34 bits per heavy atom. The molecule has 0 radical (unpaired) electrons. The van der Waals surface area contributed by atoms with Gasteiger partial charge in [-0.05, 0) is 80.1 Å². The Balaban J connectivity index is 0.858. The molecule has 8 rings (SSSR count). The largest absolute Gasteiger partial charge is 0.401 e. The number of carbonyl (C=O) groups is 5. The van der Waals surface area contributed by atoms with Gasteiger partial charge in [-0.1, -0.05) is 30.3 Å². The highest BCUT2D eigenvalue weighted by Gasteiger charge is 2.51. The molecular formula is C43H42F4N10O5. The van der Waals surface area contributed by atoms with Crippen LogP contribution in [0.2, 0.25) is 0 Å². The maximum atomic E-state index is 15.6. The van der Waals surface area contributed by atoms with Crippen LogP contribution in [-0.4, -0.2) is 103 Å². The highest BCUT2D eigenvalue weighted by Crippen LogP contribution is 2.39. The third-order valence-corrected chi connectivity index (χ3v) is 11.6. The molecular weight excluding hydrogens is 813 g/mol. The molecule has 3 aliphatic heterocycles. The van der Waals surface area contributed by atoms with Gasteiger partial charge in [0.25, 0.3) is 17.7 Å². The summed E-state index contributed by atoms with van der Waals surface area (Å²) in [6.07, 6.45) is -0.837. The molecule has 15 nitrogen and oxygen atoms in total. The van der Waals surface area contributed by atoms with Crippen LogP contribution < -0.4 is 15.5 Å². The number of aromatic amines is 1. The predicted octanol–water partition coefficient (Wildman–Crippen LogP) is 4.99. The van der Waals surface area contributed by atoms with Gasteiger partial charge in [-0.2, -0.15) is 23.4 Å². The van der Waals surface area contributed by atoms with Gasteiger partial charge in [0.05, 0.1) is 40.8 Å². The summed E-state index contributed by atoms with van der Waals surface area (Å²) in [5.41, 5.74) is 2.88. The fraction of sp³-hybridized carbons (Fsp3) is 0.349. The van der Waals surface area contributed by atoms with E-state index in [1.165, 1.54) is 12.3 Å². The van der Waals surface area contributed by atoms with Gasteiger partial charge in [0.2, 0.25) is 11.8 Å². The van der Waals surface area contributed by atoms with Crippen LogP contribution in [0, 0.1) is 12.7 Å². The maximum Gasteiger partial charge on any atom is 0.401 e. The van der Waals surface area contributed by atoms with E-state index in [4.69, 9.17) is 0 Å². The van der Waals surface area contributed by atoms with Crippen molar-refractivity contribution in [3.63, 3.8) is 0 Å². The summed E-state index contributed by atoms with van der Waals surface area (Å²) in [5.74, 6) is -4.07. The minimum Gasteiger partial charge on any atom is -0.368 e. The van der Waals surface area contributed by atoms with Gasteiger partial charge >= 0.3 is 6.18 Å². The SMILES string of the molecule is Cc1cc(-c2ccc(CN3CCCN(c4cc5c(cc4F)C(=O)N(C4CCC(=O)NC4=O)C5=O)CC3)cc2)ccc1-n1cc(C(=O)NCc2nc(C(C)(C)C(F)(F)F)n[nH]2)cn1. The predicted molar refractivity (Wildman–Crippen MR) is 216 cm³/mol. The number of amides is 5. The smallest absolute Gasteiger partial charge is 0.368 e. The fourth-order valence-corrected chi connectivity index (χ4v) is 7.86. The van der Waals surface area contributed by atoms with Gasteiger partial charge in [0, 0.05) is 45.3 Å². The first-order chi connectivity index (χ1) is 29.5. The van der Waals surface area contributed by atoms with E-state index in [0.717, 1.165) is 65.7 Å². The Hall–Kier alpha value is -6.76. The van der Waals surface area contributed by atoms with E-state index in [1.54, 1.807) is 10.9 Å². The van der Waals surface area contributed by atoms with Crippen LogP contribution in [0.1, 0.15) is 87.0 Å². The lowest BCUT2D eigenvalue weighted by molar-refractivity contribution is -0.182. The molecule has 3 aromatic carbocycles. The molecule has 62 heavy (non-hydrogen) atoms. The molecule has 1 unspecified atom stereocenters. The second-order valence-corrected chi connectivity index (χ2v) is 16.2. The van der Waals surface area contributed by atoms with Crippen LogP contribution in [0.3, 0.4) is 0 Å². The number of aryl methyl sites for hydroxylation is 1. The third-order valence-electron chi connectivity index (χ3n) is 11.6. The molecule has 2 fully saturated rings.